The molecule has 2 aromatic rings. The zero-order chi connectivity index (χ0) is 25.2. The third kappa shape index (κ3) is 5.94. The maximum atomic E-state index is 12.3. The van der Waals surface area contributed by atoms with Crippen molar-refractivity contribution in [2.45, 2.75) is 57.8 Å². The quantitative estimate of drug-likeness (QED) is 0.339. The minimum absolute atomic E-state index is 0.113. The van der Waals surface area contributed by atoms with Crippen molar-refractivity contribution in [3.63, 3.8) is 0 Å². The number of hydrogen-bond acceptors (Lipinski definition) is 2. The fraction of sp³-hybridized carbons (Fsp3) is 0.548. The van der Waals surface area contributed by atoms with Crippen molar-refractivity contribution in [1.82, 2.24) is 10.6 Å². The maximum Gasteiger partial charge on any atom is 0.319 e. The van der Waals surface area contributed by atoms with E-state index < -0.39 is 0 Å². The maximum absolute atomic E-state index is 12.3. The van der Waals surface area contributed by atoms with Gasteiger partial charge in [-0.3, -0.25) is 0 Å². The highest BCUT2D eigenvalue weighted by Gasteiger charge is 2.40. The van der Waals surface area contributed by atoms with Gasteiger partial charge in [0.25, 0.3) is 0 Å². The van der Waals surface area contributed by atoms with E-state index in [2.05, 4.69) is 45.5 Å². The summed E-state index contributed by atoms with van der Waals surface area (Å²) >= 11 is 0. The number of nitrogens with one attached hydrogen (secondary N) is 4. The van der Waals surface area contributed by atoms with Gasteiger partial charge in [-0.2, -0.15) is 0 Å². The van der Waals surface area contributed by atoms with Crippen LogP contribution in [-0.4, -0.2) is 25.2 Å². The van der Waals surface area contributed by atoms with Gasteiger partial charge in [-0.1, -0.05) is 37.1 Å². The molecule has 0 saturated heterocycles. The van der Waals surface area contributed by atoms with E-state index in [1.54, 1.807) is 0 Å². The molecule has 0 heterocycles. The van der Waals surface area contributed by atoms with Crippen LogP contribution in [0.15, 0.2) is 48.5 Å². The lowest BCUT2D eigenvalue weighted by molar-refractivity contribution is 0.245. The van der Waals surface area contributed by atoms with Crippen LogP contribution in [0.25, 0.3) is 0 Å². The van der Waals surface area contributed by atoms with E-state index in [0.717, 1.165) is 54.6 Å². The monoisotopic (exact) mass is 500 g/mol. The Balaban J connectivity index is 0.917. The summed E-state index contributed by atoms with van der Waals surface area (Å²) in [6, 6.07) is 15.8. The molecule has 4 N–H and O–H groups in total. The predicted octanol–water partition coefficient (Wildman–Crippen LogP) is 6.39. The van der Waals surface area contributed by atoms with E-state index in [9.17, 15) is 9.59 Å². The first kappa shape index (κ1) is 24.3. The van der Waals surface area contributed by atoms with E-state index in [-0.39, 0.29) is 12.1 Å². The fourth-order valence-electron chi connectivity index (χ4n) is 7.70. The van der Waals surface area contributed by atoms with Crippen LogP contribution in [0.5, 0.6) is 0 Å². The molecule has 2 aromatic carbocycles. The third-order valence-corrected chi connectivity index (χ3v) is 9.65. The number of benzene rings is 2. The average molecular weight is 501 g/mol. The Hall–Kier alpha value is -3.02. The van der Waals surface area contributed by atoms with Crippen molar-refractivity contribution >= 4 is 23.4 Å². The lowest BCUT2D eigenvalue weighted by Gasteiger charge is -2.21. The first-order chi connectivity index (χ1) is 18.1. The summed E-state index contributed by atoms with van der Waals surface area (Å²) in [5.74, 6) is 4.78. The van der Waals surface area contributed by atoms with E-state index in [0.29, 0.717) is 11.8 Å². The van der Waals surface area contributed by atoms with Crippen molar-refractivity contribution in [3.8, 4) is 0 Å². The van der Waals surface area contributed by atoms with E-state index in [1.807, 2.05) is 24.3 Å². The normalized spacial score (nSPS) is 29.3. The molecule has 4 amide bonds. The van der Waals surface area contributed by atoms with Gasteiger partial charge < -0.3 is 21.3 Å². The molecule has 37 heavy (non-hydrogen) atoms. The standard InChI is InChI=1S/C31H40N4O2/c36-30(32-18-26-16-22-1-7-24(26)14-22)34-28-9-3-20(4-10-28)13-21-5-11-29(12-6-21)35-31(37)33-19-27-17-23-2-8-25(27)15-23/h3-6,9-12,22-27H,1-2,7-8,13-19H2,(H2,32,34,36)(H2,33,35,37)/t22-,23-,24-,25-,26+,27+/m0/s1. The number of carbonyl (C=O) groups is 2. The Bertz CT molecular complexity index is 1010. The number of fused-ring (bicyclic) bond motifs is 4. The van der Waals surface area contributed by atoms with E-state index in [1.165, 1.54) is 62.5 Å². The Kier molecular flexibility index (Phi) is 7.08. The second-order valence-electron chi connectivity index (χ2n) is 12.1. The van der Waals surface area contributed by atoms with Crippen LogP contribution in [0.2, 0.25) is 0 Å². The molecule has 0 radical (unpaired) electrons. The van der Waals surface area contributed by atoms with Gasteiger partial charge in [0.2, 0.25) is 0 Å². The molecule has 4 aliphatic rings. The molecule has 4 bridgehead atoms. The van der Waals surface area contributed by atoms with Gasteiger partial charge in [-0.15, -0.1) is 0 Å². The van der Waals surface area contributed by atoms with Gasteiger partial charge in [0.05, 0.1) is 0 Å². The molecule has 0 aromatic heterocycles. The number of rotatable bonds is 8. The summed E-state index contributed by atoms with van der Waals surface area (Å²) in [6.45, 7) is 1.58. The second-order valence-corrected chi connectivity index (χ2v) is 12.1. The van der Waals surface area contributed by atoms with Crippen LogP contribution in [0.1, 0.15) is 62.5 Å². The highest BCUT2D eigenvalue weighted by molar-refractivity contribution is 5.89. The minimum Gasteiger partial charge on any atom is -0.338 e. The van der Waals surface area contributed by atoms with Crippen molar-refractivity contribution in [2.75, 3.05) is 23.7 Å². The Labute approximate surface area is 220 Å². The summed E-state index contributed by atoms with van der Waals surface area (Å²) < 4.78 is 0. The molecule has 0 unspecified atom stereocenters. The van der Waals surface area contributed by atoms with Crippen LogP contribution in [0.3, 0.4) is 0 Å². The molecular formula is C31H40N4O2. The van der Waals surface area contributed by atoms with Crippen LogP contribution in [0, 0.1) is 35.5 Å². The largest absolute Gasteiger partial charge is 0.338 e. The fourth-order valence-corrected chi connectivity index (χ4v) is 7.70. The number of urea groups is 2. The zero-order valence-electron chi connectivity index (χ0n) is 21.7. The van der Waals surface area contributed by atoms with E-state index >= 15 is 0 Å². The topological polar surface area (TPSA) is 82.3 Å². The highest BCUT2D eigenvalue weighted by atomic mass is 16.2. The van der Waals surface area contributed by atoms with Crippen LogP contribution in [-0.2, 0) is 6.42 Å². The Morgan fingerprint density at radius 2 is 1.03 bits per heavy atom. The number of hydrogen-bond donors (Lipinski definition) is 4. The molecule has 4 fully saturated rings. The second kappa shape index (κ2) is 10.8. The predicted molar refractivity (Wildman–Crippen MR) is 148 cm³/mol. The number of amides is 4. The molecule has 196 valence electrons. The third-order valence-electron chi connectivity index (χ3n) is 9.65. The molecule has 6 heteroatoms. The van der Waals surface area contributed by atoms with E-state index in [4.69, 9.17) is 0 Å². The molecule has 4 saturated carbocycles. The lowest BCUT2D eigenvalue weighted by Crippen LogP contribution is -2.34. The SMILES string of the molecule is O=C(NC[C@H]1C[C@H]2CC[C@H]1C2)Nc1ccc(Cc2ccc(NC(=O)NC[C@H]3C[C@H]4CC[C@H]3C4)cc2)cc1. The van der Waals surface area contributed by atoms with Crippen molar-refractivity contribution in [3.05, 3.63) is 59.7 Å². The van der Waals surface area contributed by atoms with Gasteiger partial charge in [0, 0.05) is 24.5 Å². The molecular weight excluding hydrogens is 460 g/mol. The summed E-state index contributed by atoms with van der Waals surface area (Å²) in [5, 5.41) is 12.1. The van der Waals surface area contributed by atoms with Crippen LogP contribution < -0.4 is 21.3 Å². The van der Waals surface area contributed by atoms with Crippen molar-refractivity contribution in [2.24, 2.45) is 35.5 Å². The first-order valence-electron chi connectivity index (χ1n) is 14.3. The van der Waals surface area contributed by atoms with Crippen molar-refractivity contribution in [1.29, 1.82) is 0 Å². The van der Waals surface area contributed by atoms with Gasteiger partial charge >= 0.3 is 12.1 Å². The first-order valence-corrected chi connectivity index (χ1v) is 14.3. The van der Waals surface area contributed by atoms with Crippen molar-refractivity contribution < 1.29 is 9.59 Å². The molecule has 0 aliphatic heterocycles. The highest BCUT2D eigenvalue weighted by Crippen LogP contribution is 2.48. The average Bonchev–Trinajstić information content (AvgIpc) is 3.71. The summed E-state index contributed by atoms with van der Waals surface area (Å²) in [7, 11) is 0. The number of carbonyl (C=O) groups excluding carboxylic acids is 2. The lowest BCUT2D eigenvalue weighted by atomic mass is 9.89. The molecule has 6 nitrogen and oxygen atoms in total. The minimum atomic E-state index is -0.113. The molecule has 6 atom stereocenters. The van der Waals surface area contributed by atoms with Gasteiger partial charge in [0.15, 0.2) is 0 Å². The summed E-state index contributed by atoms with van der Waals surface area (Å²) in [4.78, 5) is 24.7. The van der Waals surface area contributed by atoms with Gasteiger partial charge in [-0.25, -0.2) is 9.59 Å². The smallest absolute Gasteiger partial charge is 0.319 e. The van der Waals surface area contributed by atoms with Gasteiger partial charge in [0.1, 0.15) is 0 Å². The number of anilines is 2. The molecule has 4 aliphatic carbocycles. The molecule has 0 spiro atoms. The summed E-state index contributed by atoms with van der Waals surface area (Å²) in [5.41, 5.74) is 3.98. The summed E-state index contributed by atoms with van der Waals surface area (Å²) in [6.07, 6.45) is 11.6. The Morgan fingerprint density at radius 3 is 1.38 bits per heavy atom. The molecule has 6 rings (SSSR count). The Morgan fingerprint density at radius 1 is 0.595 bits per heavy atom. The van der Waals surface area contributed by atoms with Crippen LogP contribution in [0.4, 0.5) is 21.0 Å². The zero-order valence-corrected chi connectivity index (χ0v) is 21.7. The van der Waals surface area contributed by atoms with Gasteiger partial charge in [-0.05, 0) is 116 Å². The van der Waals surface area contributed by atoms with Crippen LogP contribution >= 0.6 is 0 Å².